The highest BCUT2D eigenvalue weighted by Gasteiger charge is 2.20. The van der Waals surface area contributed by atoms with E-state index in [0.29, 0.717) is 0 Å². The van der Waals surface area contributed by atoms with Crippen molar-refractivity contribution in [1.29, 1.82) is 0 Å². The molecule has 10 rings (SSSR count). The topological polar surface area (TPSA) is 6.48 Å². The molecule has 2 nitrogen and oxygen atoms in total. The summed E-state index contributed by atoms with van der Waals surface area (Å²) in [4.78, 5) is 4.79. The molecule has 0 aromatic heterocycles. The van der Waals surface area contributed by atoms with Gasteiger partial charge in [-0.3, -0.25) is 0 Å². The van der Waals surface area contributed by atoms with Crippen LogP contribution in [-0.4, -0.2) is 0 Å². The van der Waals surface area contributed by atoms with Crippen LogP contribution in [0.4, 0.5) is 34.1 Å². The number of anilines is 6. The number of rotatable bonds is 9. The third kappa shape index (κ3) is 6.00. The molecule has 0 fully saturated rings. The van der Waals surface area contributed by atoms with Gasteiger partial charge in [-0.25, -0.2) is 0 Å². The summed E-state index contributed by atoms with van der Waals surface area (Å²) in [6.45, 7) is 8.22. The van der Waals surface area contributed by atoms with Gasteiger partial charge in [-0.2, -0.15) is 0 Å². The molecule has 0 unspecified atom stereocenters. The van der Waals surface area contributed by atoms with E-state index in [2.05, 4.69) is 229 Å². The molecular weight excluding hydrogens is 701 g/mol. The largest absolute Gasteiger partial charge is 0.309 e. The van der Waals surface area contributed by atoms with Crippen molar-refractivity contribution in [2.75, 3.05) is 9.80 Å². The summed E-state index contributed by atoms with van der Waals surface area (Å²) in [6.07, 6.45) is 3.88. The normalized spacial score (nSPS) is 11.2. The van der Waals surface area contributed by atoms with Crippen molar-refractivity contribution in [3.63, 3.8) is 0 Å². The molecule has 0 heterocycles. The van der Waals surface area contributed by atoms with Gasteiger partial charge in [0.25, 0.3) is 0 Å². The van der Waals surface area contributed by atoms with Crippen LogP contribution in [0.5, 0.6) is 0 Å². The van der Waals surface area contributed by atoms with Crippen LogP contribution in [0.15, 0.2) is 219 Å². The maximum atomic E-state index is 4.11. The van der Waals surface area contributed by atoms with Crippen molar-refractivity contribution < 1.29 is 0 Å². The fourth-order valence-electron chi connectivity index (χ4n) is 8.59. The zero-order valence-electron chi connectivity index (χ0n) is 32.1. The molecule has 10 aromatic carbocycles. The first-order valence-electron chi connectivity index (χ1n) is 19.7. The summed E-state index contributed by atoms with van der Waals surface area (Å²) in [6, 6.07) is 74.4. The zero-order valence-corrected chi connectivity index (χ0v) is 32.1. The minimum atomic E-state index is 1.09. The van der Waals surface area contributed by atoms with Crippen LogP contribution in [0, 0.1) is 0 Å². The molecule has 0 aliphatic heterocycles. The van der Waals surface area contributed by atoms with E-state index in [0.717, 1.165) is 56.4 Å². The van der Waals surface area contributed by atoms with Gasteiger partial charge < -0.3 is 9.80 Å². The Morgan fingerprint density at radius 3 is 1.00 bits per heavy atom. The summed E-state index contributed by atoms with van der Waals surface area (Å²) < 4.78 is 0. The van der Waals surface area contributed by atoms with Crippen molar-refractivity contribution >= 4 is 89.4 Å². The number of nitrogens with zero attached hydrogens (tertiary/aromatic N) is 2. The van der Waals surface area contributed by atoms with Gasteiger partial charge in [-0.1, -0.05) is 183 Å². The second-order valence-corrected chi connectivity index (χ2v) is 14.6. The van der Waals surface area contributed by atoms with Crippen LogP contribution < -0.4 is 9.80 Å². The van der Waals surface area contributed by atoms with Gasteiger partial charge in [0.2, 0.25) is 0 Å². The lowest BCUT2D eigenvalue weighted by Crippen LogP contribution is -2.11. The van der Waals surface area contributed by atoms with E-state index >= 15 is 0 Å². The molecule has 0 bridgehead atoms. The minimum Gasteiger partial charge on any atom is -0.309 e. The van der Waals surface area contributed by atoms with Gasteiger partial charge in [0.1, 0.15) is 0 Å². The second kappa shape index (κ2) is 14.8. The van der Waals surface area contributed by atoms with Crippen LogP contribution >= 0.6 is 0 Å². The van der Waals surface area contributed by atoms with Crippen LogP contribution in [-0.2, 0) is 0 Å². The molecule has 274 valence electrons. The summed E-state index contributed by atoms with van der Waals surface area (Å²) in [5.74, 6) is 0. The summed E-state index contributed by atoms with van der Waals surface area (Å²) in [5.41, 5.74) is 11.2. The third-order valence-corrected chi connectivity index (χ3v) is 11.4. The highest BCUT2D eigenvalue weighted by molar-refractivity contribution is 6.08. The van der Waals surface area contributed by atoms with E-state index in [9.17, 15) is 0 Å². The van der Waals surface area contributed by atoms with E-state index in [1.165, 1.54) is 43.1 Å². The molecule has 0 spiro atoms. The number of fused-ring (bicyclic) bond motifs is 4. The monoisotopic (exact) mass is 740 g/mol. The first-order valence-corrected chi connectivity index (χ1v) is 19.7. The smallest absolute Gasteiger partial charge is 0.0540 e. The molecule has 0 saturated heterocycles. The van der Waals surface area contributed by atoms with Crippen LogP contribution in [0.3, 0.4) is 0 Å². The molecule has 0 amide bonds. The molecule has 0 atom stereocenters. The SMILES string of the molecule is C=Cc1ccc(N(c2ccc(-c3ccc(N(c4cccc5ccccc45)c4ccc(C=C)c5ccccc45)cc3)cc2)c2cccc3ccccc23)c2ccccc12. The van der Waals surface area contributed by atoms with E-state index in [1.54, 1.807) is 0 Å². The van der Waals surface area contributed by atoms with Crippen LogP contribution in [0.1, 0.15) is 11.1 Å². The lowest BCUT2D eigenvalue weighted by molar-refractivity contribution is 1.31. The Bertz CT molecular complexity index is 2930. The molecule has 0 aliphatic rings. The first kappa shape index (κ1) is 34.8. The number of hydrogen-bond acceptors (Lipinski definition) is 2. The Labute approximate surface area is 339 Å². The Morgan fingerprint density at radius 2 is 0.603 bits per heavy atom. The lowest BCUT2D eigenvalue weighted by atomic mass is 9.99. The molecule has 0 radical (unpaired) electrons. The van der Waals surface area contributed by atoms with E-state index in [-0.39, 0.29) is 0 Å². The van der Waals surface area contributed by atoms with Crippen molar-refractivity contribution in [3.8, 4) is 11.1 Å². The predicted octanol–water partition coefficient (Wildman–Crippen LogP) is 16.2. The fourth-order valence-corrected chi connectivity index (χ4v) is 8.59. The number of hydrogen-bond donors (Lipinski definition) is 0. The minimum absolute atomic E-state index is 1.09. The maximum absolute atomic E-state index is 4.11. The van der Waals surface area contributed by atoms with Gasteiger partial charge in [0.15, 0.2) is 0 Å². The van der Waals surface area contributed by atoms with Gasteiger partial charge >= 0.3 is 0 Å². The zero-order chi connectivity index (χ0) is 39.0. The van der Waals surface area contributed by atoms with Crippen molar-refractivity contribution in [2.45, 2.75) is 0 Å². The van der Waals surface area contributed by atoms with E-state index < -0.39 is 0 Å². The average Bonchev–Trinajstić information content (AvgIpc) is 3.30. The third-order valence-electron chi connectivity index (χ3n) is 11.4. The second-order valence-electron chi connectivity index (χ2n) is 14.6. The van der Waals surface area contributed by atoms with Gasteiger partial charge in [-0.05, 0) is 92.3 Å². The Kier molecular flexibility index (Phi) is 8.85. The Hall–Kier alpha value is -7.68. The Balaban J connectivity index is 1.08. The van der Waals surface area contributed by atoms with Crippen molar-refractivity contribution in [1.82, 2.24) is 0 Å². The summed E-state index contributed by atoms with van der Waals surface area (Å²) >= 11 is 0. The quantitative estimate of drug-likeness (QED) is 0.145. The van der Waals surface area contributed by atoms with Crippen molar-refractivity contribution in [2.24, 2.45) is 0 Å². The highest BCUT2D eigenvalue weighted by Crippen LogP contribution is 2.45. The maximum Gasteiger partial charge on any atom is 0.0540 e. The van der Waals surface area contributed by atoms with Crippen LogP contribution in [0.2, 0.25) is 0 Å². The van der Waals surface area contributed by atoms with E-state index in [4.69, 9.17) is 0 Å². The summed E-state index contributed by atoms with van der Waals surface area (Å²) in [5, 5.41) is 9.52. The van der Waals surface area contributed by atoms with Gasteiger partial charge in [0, 0.05) is 32.9 Å². The number of benzene rings is 10. The first-order chi connectivity index (χ1) is 28.7. The fraction of sp³-hybridized carbons (Fsp3) is 0. The molecule has 10 aromatic rings. The van der Waals surface area contributed by atoms with Crippen molar-refractivity contribution in [3.05, 3.63) is 231 Å². The van der Waals surface area contributed by atoms with E-state index in [1.807, 2.05) is 12.2 Å². The predicted molar refractivity (Wildman–Crippen MR) is 251 cm³/mol. The molecule has 0 aliphatic carbocycles. The molecular formula is C56H40N2. The van der Waals surface area contributed by atoms with Gasteiger partial charge in [0.05, 0.1) is 22.7 Å². The lowest BCUT2D eigenvalue weighted by Gasteiger charge is -2.29. The van der Waals surface area contributed by atoms with Crippen LogP contribution in [0.25, 0.3) is 66.4 Å². The average molecular weight is 741 g/mol. The standard InChI is InChI=1S/C56H40N2/c1-3-39-31-37-55(51-23-11-9-19-47(39)51)57(53-25-13-17-43-15-5-7-21-49(43)53)45-33-27-41(28-34-45)42-29-35-46(36-30-42)58(54-26-14-18-44-16-6-8-22-50(44)54)56-38-32-40(4-2)48-20-10-12-24-52(48)56/h3-38H,1-2H2. The highest BCUT2D eigenvalue weighted by atomic mass is 15.2. The van der Waals surface area contributed by atoms with Gasteiger partial charge in [-0.15, -0.1) is 0 Å². The molecule has 2 heteroatoms. The molecule has 0 saturated carbocycles. The Morgan fingerprint density at radius 1 is 0.276 bits per heavy atom. The molecule has 58 heavy (non-hydrogen) atoms. The molecule has 0 N–H and O–H groups in total. The summed E-state index contributed by atoms with van der Waals surface area (Å²) in [7, 11) is 0.